The van der Waals surface area contributed by atoms with E-state index < -0.39 is 0 Å². The van der Waals surface area contributed by atoms with Crippen molar-refractivity contribution in [2.45, 2.75) is 19.8 Å². The summed E-state index contributed by atoms with van der Waals surface area (Å²) in [5.41, 5.74) is 0. The van der Waals surface area contributed by atoms with Gasteiger partial charge in [-0.05, 0) is 0 Å². The van der Waals surface area contributed by atoms with Gasteiger partial charge in [0.15, 0.2) is 0 Å². The van der Waals surface area contributed by atoms with E-state index in [1.807, 2.05) is 25.1 Å². The van der Waals surface area contributed by atoms with Crippen LogP contribution in [0, 0.1) is 0 Å². The number of hydrogen-bond acceptors (Lipinski definition) is 4. The second-order valence-corrected chi connectivity index (χ2v) is 5.00. The first kappa shape index (κ1) is 27.0. The van der Waals surface area contributed by atoms with Crippen LogP contribution in [-0.2, 0) is 0 Å². The summed E-state index contributed by atoms with van der Waals surface area (Å²) in [6.45, 7) is 2.11. The average molecular weight is 471 g/mol. The quantitative estimate of drug-likeness (QED) is 0.535. The summed E-state index contributed by atoms with van der Waals surface area (Å²) < 4.78 is 0. The molecule has 0 N–H and O–H groups in total. The number of hydrogen-bond donors (Lipinski definition) is 0. The van der Waals surface area contributed by atoms with E-state index in [9.17, 15) is 20.4 Å². The van der Waals surface area contributed by atoms with Crippen molar-refractivity contribution in [3.8, 4) is 17.2 Å². The normalized spacial score (nSPS) is 8.22. The molecule has 0 saturated carbocycles. The van der Waals surface area contributed by atoms with E-state index in [0.29, 0.717) is 0 Å². The summed E-state index contributed by atoms with van der Waals surface area (Å²) in [7, 11) is 0. The molecule has 0 fully saturated rings. The van der Waals surface area contributed by atoms with Crippen molar-refractivity contribution in [1.82, 2.24) is 0 Å². The predicted octanol–water partition coefficient (Wildman–Crippen LogP) is 2.05. The van der Waals surface area contributed by atoms with Gasteiger partial charge in [-0.2, -0.15) is 0 Å². The summed E-state index contributed by atoms with van der Waals surface area (Å²) in [5.74, 6) is 0.215. The maximum Gasteiger partial charge on any atom is 4.00 e. The fourth-order valence-electron chi connectivity index (χ4n) is 1.41. The Hall–Kier alpha value is -2.18. The van der Waals surface area contributed by atoms with Gasteiger partial charge in [0.1, 0.15) is 0 Å². The number of rotatable bonds is 2. The molecule has 0 aromatic heterocycles. The van der Waals surface area contributed by atoms with Crippen molar-refractivity contribution in [2.24, 2.45) is 0 Å². The minimum absolute atomic E-state index is 0. The van der Waals surface area contributed by atoms with Crippen LogP contribution in [0.5, 0.6) is 17.2 Å². The summed E-state index contributed by atoms with van der Waals surface area (Å²) in [5, 5.41) is 40.3. The molecule has 5 heteroatoms. The minimum Gasteiger partial charge on any atom is -0.872 e. The molecule has 140 valence electrons. The van der Waals surface area contributed by atoms with Crippen molar-refractivity contribution < 1.29 is 20.4 Å². The number of benzene rings is 3. The molecule has 0 radical (unpaired) electrons. The van der Waals surface area contributed by atoms with Crippen molar-refractivity contribution in [1.29, 1.82) is 0 Å². The molecule has 0 amide bonds. The van der Waals surface area contributed by atoms with Crippen molar-refractivity contribution in [3.05, 3.63) is 91.0 Å². The Morgan fingerprint density at radius 1 is 0.556 bits per heavy atom. The van der Waals surface area contributed by atoms with Crippen molar-refractivity contribution in [2.75, 3.05) is 6.61 Å². The Bertz CT molecular complexity index is 543. The van der Waals surface area contributed by atoms with Crippen molar-refractivity contribution >= 4 is 23.9 Å². The van der Waals surface area contributed by atoms with Crippen LogP contribution in [0.4, 0.5) is 0 Å². The largest absolute Gasteiger partial charge is 4.00 e. The van der Waals surface area contributed by atoms with Gasteiger partial charge in [-0.1, -0.05) is 111 Å². The molecule has 3 aromatic carbocycles. The van der Waals surface area contributed by atoms with E-state index in [-0.39, 0.29) is 47.8 Å². The van der Waals surface area contributed by atoms with Gasteiger partial charge in [0.05, 0.1) is 0 Å². The molecule has 3 aromatic rings. The molecular formula is C22H24O4Sn. The van der Waals surface area contributed by atoms with Crippen LogP contribution >= 0.6 is 0 Å². The SMILES string of the molecule is CCCC[O-].[O-]c1ccccc1.[O-]c1ccccc1.[O-]c1ccccc1.[Sn+4]. The Balaban J connectivity index is 0. The summed E-state index contributed by atoms with van der Waals surface area (Å²) in [4.78, 5) is 0. The van der Waals surface area contributed by atoms with Crippen LogP contribution in [0.2, 0.25) is 0 Å². The second kappa shape index (κ2) is 20.1. The van der Waals surface area contributed by atoms with E-state index >= 15 is 0 Å². The van der Waals surface area contributed by atoms with Gasteiger partial charge in [0.25, 0.3) is 0 Å². The summed E-state index contributed by atoms with van der Waals surface area (Å²) in [6, 6.07) is 25.0. The molecule has 4 nitrogen and oxygen atoms in total. The Kier molecular flexibility index (Phi) is 20.2. The molecule has 0 aliphatic heterocycles. The van der Waals surface area contributed by atoms with Crippen LogP contribution in [0.3, 0.4) is 0 Å². The fraction of sp³-hybridized carbons (Fsp3) is 0.182. The van der Waals surface area contributed by atoms with E-state index in [0.717, 1.165) is 12.8 Å². The van der Waals surface area contributed by atoms with Gasteiger partial charge in [-0.25, -0.2) is 0 Å². The molecule has 0 atom stereocenters. The van der Waals surface area contributed by atoms with Gasteiger partial charge in [-0.3, -0.25) is 0 Å². The Morgan fingerprint density at radius 2 is 0.815 bits per heavy atom. The topological polar surface area (TPSA) is 92.2 Å². The van der Waals surface area contributed by atoms with Crippen molar-refractivity contribution in [3.63, 3.8) is 0 Å². The molecule has 0 saturated heterocycles. The molecule has 0 bridgehead atoms. The molecular weight excluding hydrogens is 447 g/mol. The van der Waals surface area contributed by atoms with Gasteiger partial charge >= 0.3 is 23.9 Å². The van der Waals surface area contributed by atoms with Gasteiger partial charge in [0.2, 0.25) is 0 Å². The van der Waals surface area contributed by atoms with E-state index in [2.05, 4.69) is 0 Å². The first-order valence-electron chi connectivity index (χ1n) is 8.34. The second-order valence-electron chi connectivity index (χ2n) is 5.00. The first-order chi connectivity index (χ1) is 12.6. The van der Waals surface area contributed by atoms with Crippen LogP contribution in [0.1, 0.15) is 19.8 Å². The predicted molar refractivity (Wildman–Crippen MR) is 103 cm³/mol. The zero-order chi connectivity index (χ0) is 19.5. The molecule has 0 aliphatic carbocycles. The molecule has 3 rings (SSSR count). The van der Waals surface area contributed by atoms with E-state index in [1.165, 1.54) is 36.4 Å². The Labute approximate surface area is 178 Å². The maximum absolute atomic E-state index is 10.3. The molecule has 0 heterocycles. The summed E-state index contributed by atoms with van der Waals surface area (Å²) in [6.07, 6.45) is 1.86. The van der Waals surface area contributed by atoms with Crippen LogP contribution in [0.15, 0.2) is 91.0 Å². The number of para-hydroxylation sites is 3. The zero-order valence-electron chi connectivity index (χ0n) is 15.4. The van der Waals surface area contributed by atoms with Crippen LogP contribution in [-0.4, -0.2) is 30.5 Å². The Morgan fingerprint density at radius 3 is 0.889 bits per heavy atom. The fourth-order valence-corrected chi connectivity index (χ4v) is 1.41. The minimum atomic E-state index is 0. The summed E-state index contributed by atoms with van der Waals surface area (Å²) >= 11 is 0. The molecule has 0 unspecified atom stereocenters. The third kappa shape index (κ3) is 20.0. The smallest absolute Gasteiger partial charge is 0.872 e. The van der Waals surface area contributed by atoms with E-state index in [4.69, 9.17) is 0 Å². The monoisotopic (exact) mass is 472 g/mol. The molecule has 0 aliphatic rings. The standard InChI is InChI=1S/3C6H6O.C4H9O.Sn/c3*7-6-4-2-1-3-5-6;1-2-3-4-5;/h3*1-5,7H;2-4H2,1H3;/q;;;-1;+4/p-3. The average Bonchev–Trinajstić information content (AvgIpc) is 2.66. The molecule has 0 spiro atoms. The third-order valence-electron chi connectivity index (χ3n) is 2.73. The van der Waals surface area contributed by atoms with Gasteiger partial charge < -0.3 is 20.4 Å². The zero-order valence-corrected chi connectivity index (χ0v) is 18.3. The number of unbranched alkanes of at least 4 members (excludes halogenated alkanes) is 1. The first-order valence-corrected chi connectivity index (χ1v) is 8.34. The van der Waals surface area contributed by atoms with Gasteiger partial charge in [-0.15, -0.1) is 23.9 Å². The maximum atomic E-state index is 10.3. The third-order valence-corrected chi connectivity index (χ3v) is 2.73. The molecule has 27 heavy (non-hydrogen) atoms. The van der Waals surface area contributed by atoms with Crippen LogP contribution < -0.4 is 20.4 Å². The van der Waals surface area contributed by atoms with Gasteiger partial charge in [0, 0.05) is 0 Å². The van der Waals surface area contributed by atoms with Crippen LogP contribution in [0.25, 0.3) is 0 Å². The van der Waals surface area contributed by atoms with E-state index in [1.54, 1.807) is 36.4 Å².